The normalized spacial score (nSPS) is 12.4. The summed E-state index contributed by atoms with van der Waals surface area (Å²) in [5.41, 5.74) is 0.654. The summed E-state index contributed by atoms with van der Waals surface area (Å²) in [7, 11) is 0. The fraction of sp³-hybridized carbons (Fsp3) is 0.267. The van der Waals surface area contributed by atoms with Gasteiger partial charge in [0, 0.05) is 11.8 Å². The first-order chi connectivity index (χ1) is 7.97. The Morgan fingerprint density at radius 1 is 1.06 bits per heavy atom. The Morgan fingerprint density at radius 2 is 1.76 bits per heavy atom. The number of aliphatic imine (C=N–C) groups is 1. The van der Waals surface area contributed by atoms with Crippen molar-refractivity contribution in [2.24, 2.45) is 4.99 Å². The molecule has 1 N–H and O–H groups in total. The van der Waals surface area contributed by atoms with Crippen molar-refractivity contribution >= 4 is 17.0 Å². The summed E-state index contributed by atoms with van der Waals surface area (Å²) in [6.07, 6.45) is 1.76. The lowest BCUT2D eigenvalue weighted by molar-refractivity contribution is 0.475. The molecule has 2 aromatic carbocycles. The molecule has 0 unspecified atom stereocenters. The van der Waals surface area contributed by atoms with E-state index in [1.165, 1.54) is 0 Å². The zero-order valence-electron chi connectivity index (χ0n) is 10.4. The molecule has 2 nitrogen and oxygen atoms in total. The van der Waals surface area contributed by atoms with E-state index in [2.05, 4.69) is 4.99 Å². The third-order valence-electron chi connectivity index (χ3n) is 2.53. The molecule has 0 aliphatic carbocycles. The van der Waals surface area contributed by atoms with Gasteiger partial charge in [-0.25, -0.2) is 0 Å². The van der Waals surface area contributed by atoms with Crippen LogP contribution in [0.2, 0.25) is 0 Å². The number of phenolic OH excluding ortho intramolecular Hbond substituents is 1. The van der Waals surface area contributed by atoms with E-state index in [1.54, 1.807) is 12.3 Å². The Bertz CT molecular complexity index is 565. The van der Waals surface area contributed by atoms with E-state index in [-0.39, 0.29) is 11.3 Å². The Labute approximate surface area is 102 Å². The van der Waals surface area contributed by atoms with Crippen LogP contribution in [-0.4, -0.2) is 16.9 Å². The van der Waals surface area contributed by atoms with Gasteiger partial charge in [-0.2, -0.15) is 0 Å². The number of hydrogen-bond acceptors (Lipinski definition) is 2. The van der Waals surface area contributed by atoms with Crippen molar-refractivity contribution < 1.29 is 5.11 Å². The molecule has 17 heavy (non-hydrogen) atoms. The van der Waals surface area contributed by atoms with E-state index in [4.69, 9.17) is 0 Å². The maximum absolute atomic E-state index is 9.91. The quantitative estimate of drug-likeness (QED) is 0.739. The van der Waals surface area contributed by atoms with Gasteiger partial charge in [0.25, 0.3) is 0 Å². The molecule has 0 aliphatic rings. The van der Waals surface area contributed by atoms with Gasteiger partial charge in [0.15, 0.2) is 0 Å². The molecule has 0 saturated heterocycles. The van der Waals surface area contributed by atoms with E-state index in [9.17, 15) is 5.11 Å². The van der Waals surface area contributed by atoms with Gasteiger partial charge >= 0.3 is 0 Å². The minimum atomic E-state index is -0.136. The SMILES string of the molecule is CC(C)(C)N=Cc1c(O)ccc2ccccc12. The molecule has 0 atom stereocenters. The summed E-state index contributed by atoms with van der Waals surface area (Å²) < 4.78 is 0. The molecule has 0 fully saturated rings. The van der Waals surface area contributed by atoms with Crippen LogP contribution < -0.4 is 0 Å². The molecule has 0 saturated carbocycles. The van der Waals surface area contributed by atoms with Crippen molar-refractivity contribution in [3.8, 4) is 5.75 Å². The van der Waals surface area contributed by atoms with Gasteiger partial charge in [-0.05, 0) is 37.6 Å². The Hall–Kier alpha value is -1.83. The zero-order valence-corrected chi connectivity index (χ0v) is 10.4. The van der Waals surface area contributed by atoms with Gasteiger partial charge in [0.2, 0.25) is 0 Å². The van der Waals surface area contributed by atoms with Crippen LogP contribution in [0.3, 0.4) is 0 Å². The third kappa shape index (κ3) is 2.64. The molecular weight excluding hydrogens is 210 g/mol. The smallest absolute Gasteiger partial charge is 0.124 e. The average Bonchev–Trinajstić information content (AvgIpc) is 2.26. The summed E-state index contributed by atoms with van der Waals surface area (Å²) in [6.45, 7) is 6.10. The second-order valence-corrected chi connectivity index (χ2v) is 5.15. The summed E-state index contributed by atoms with van der Waals surface area (Å²) in [5.74, 6) is 0.275. The van der Waals surface area contributed by atoms with E-state index < -0.39 is 0 Å². The van der Waals surface area contributed by atoms with Gasteiger partial charge in [0.05, 0.1) is 5.54 Å². The van der Waals surface area contributed by atoms with Crippen LogP contribution in [0.1, 0.15) is 26.3 Å². The summed E-state index contributed by atoms with van der Waals surface area (Å²) in [5, 5.41) is 12.1. The molecule has 0 bridgehead atoms. The fourth-order valence-electron chi connectivity index (χ4n) is 1.68. The minimum Gasteiger partial charge on any atom is -0.507 e. The van der Waals surface area contributed by atoms with Crippen LogP contribution in [0.4, 0.5) is 0 Å². The highest BCUT2D eigenvalue weighted by molar-refractivity contribution is 6.02. The van der Waals surface area contributed by atoms with Crippen molar-refractivity contribution in [3.63, 3.8) is 0 Å². The Kier molecular flexibility index (Phi) is 2.88. The van der Waals surface area contributed by atoms with Crippen molar-refractivity contribution in [1.82, 2.24) is 0 Å². The molecule has 0 spiro atoms. The number of benzene rings is 2. The van der Waals surface area contributed by atoms with Gasteiger partial charge in [-0.15, -0.1) is 0 Å². The first-order valence-electron chi connectivity index (χ1n) is 5.73. The number of fused-ring (bicyclic) bond motifs is 1. The molecule has 0 radical (unpaired) electrons. The van der Waals surface area contributed by atoms with E-state index in [0.717, 1.165) is 16.3 Å². The molecule has 2 rings (SSSR count). The van der Waals surface area contributed by atoms with Crippen LogP contribution in [0.5, 0.6) is 5.75 Å². The second-order valence-electron chi connectivity index (χ2n) is 5.15. The largest absolute Gasteiger partial charge is 0.507 e. The predicted molar refractivity (Wildman–Crippen MR) is 73.0 cm³/mol. The van der Waals surface area contributed by atoms with Gasteiger partial charge in [0.1, 0.15) is 5.75 Å². The summed E-state index contributed by atoms with van der Waals surface area (Å²) in [4.78, 5) is 4.45. The maximum Gasteiger partial charge on any atom is 0.124 e. The third-order valence-corrected chi connectivity index (χ3v) is 2.53. The highest BCUT2D eigenvalue weighted by atomic mass is 16.3. The van der Waals surface area contributed by atoms with E-state index in [1.807, 2.05) is 51.1 Å². The van der Waals surface area contributed by atoms with Gasteiger partial charge < -0.3 is 5.11 Å². The number of aromatic hydroxyl groups is 1. The van der Waals surface area contributed by atoms with Crippen molar-refractivity contribution in [2.45, 2.75) is 26.3 Å². The van der Waals surface area contributed by atoms with Crippen LogP contribution in [-0.2, 0) is 0 Å². The van der Waals surface area contributed by atoms with Gasteiger partial charge in [-0.3, -0.25) is 4.99 Å². The number of nitrogens with zero attached hydrogens (tertiary/aromatic N) is 1. The number of phenols is 1. The standard InChI is InChI=1S/C15H17NO/c1-15(2,3)16-10-13-12-7-5-4-6-11(12)8-9-14(13)17/h4-10,17H,1-3H3. The van der Waals surface area contributed by atoms with Crippen LogP contribution in [0, 0.1) is 0 Å². The number of rotatable bonds is 1. The Balaban J connectivity index is 2.59. The highest BCUT2D eigenvalue weighted by Crippen LogP contribution is 2.25. The molecule has 0 aliphatic heterocycles. The molecule has 0 aromatic heterocycles. The minimum absolute atomic E-state index is 0.136. The molecule has 2 aromatic rings. The van der Waals surface area contributed by atoms with E-state index in [0.29, 0.717) is 0 Å². The maximum atomic E-state index is 9.91. The second kappa shape index (κ2) is 4.21. The lowest BCUT2D eigenvalue weighted by atomic mass is 10.0. The fourth-order valence-corrected chi connectivity index (χ4v) is 1.68. The molecule has 0 amide bonds. The molecular formula is C15H17NO. The number of hydrogen-bond donors (Lipinski definition) is 1. The average molecular weight is 227 g/mol. The first-order valence-corrected chi connectivity index (χ1v) is 5.73. The predicted octanol–water partition coefficient (Wildman–Crippen LogP) is 3.76. The van der Waals surface area contributed by atoms with Crippen LogP contribution in [0.25, 0.3) is 10.8 Å². The monoisotopic (exact) mass is 227 g/mol. The lowest BCUT2D eigenvalue weighted by Gasteiger charge is -2.12. The summed E-state index contributed by atoms with van der Waals surface area (Å²) in [6, 6.07) is 11.6. The first kappa shape index (κ1) is 11.6. The zero-order chi connectivity index (χ0) is 12.5. The Morgan fingerprint density at radius 3 is 2.47 bits per heavy atom. The molecule has 0 heterocycles. The lowest BCUT2D eigenvalue weighted by Crippen LogP contribution is -2.09. The van der Waals surface area contributed by atoms with Gasteiger partial charge in [-0.1, -0.05) is 30.3 Å². The van der Waals surface area contributed by atoms with Crippen molar-refractivity contribution in [2.75, 3.05) is 0 Å². The van der Waals surface area contributed by atoms with Crippen LogP contribution in [0.15, 0.2) is 41.4 Å². The van der Waals surface area contributed by atoms with Crippen molar-refractivity contribution in [3.05, 3.63) is 42.0 Å². The summed E-state index contributed by atoms with van der Waals surface area (Å²) >= 11 is 0. The molecule has 88 valence electrons. The highest BCUT2D eigenvalue weighted by Gasteiger charge is 2.08. The molecule has 2 heteroatoms. The van der Waals surface area contributed by atoms with Crippen molar-refractivity contribution in [1.29, 1.82) is 0 Å². The van der Waals surface area contributed by atoms with E-state index >= 15 is 0 Å². The van der Waals surface area contributed by atoms with Crippen LogP contribution >= 0.6 is 0 Å². The topological polar surface area (TPSA) is 32.6 Å².